The molecule has 3 aromatic rings. The molecule has 0 aliphatic carbocycles. The number of anilines is 2. The SMILES string of the molecule is Nc1nc(NCC2CCOc3ccc(Br)cc32)nc2ccccc12. The summed E-state index contributed by atoms with van der Waals surface area (Å²) in [5, 5.41) is 4.21. The summed E-state index contributed by atoms with van der Waals surface area (Å²) in [6, 6.07) is 13.9. The van der Waals surface area contributed by atoms with Gasteiger partial charge in [-0.2, -0.15) is 4.98 Å². The lowest BCUT2D eigenvalue weighted by molar-refractivity contribution is 0.270. The minimum Gasteiger partial charge on any atom is -0.493 e. The Morgan fingerprint density at radius 1 is 1.21 bits per heavy atom. The molecule has 1 aromatic heterocycles. The number of nitrogens with zero attached hydrogens (tertiary/aromatic N) is 2. The maximum atomic E-state index is 6.04. The minimum absolute atomic E-state index is 0.350. The molecule has 3 N–H and O–H groups in total. The normalized spacial score (nSPS) is 16.5. The van der Waals surface area contributed by atoms with Gasteiger partial charge in [0.25, 0.3) is 0 Å². The van der Waals surface area contributed by atoms with Gasteiger partial charge in [-0.05, 0) is 36.8 Å². The smallest absolute Gasteiger partial charge is 0.225 e. The van der Waals surface area contributed by atoms with Crippen LogP contribution < -0.4 is 15.8 Å². The molecule has 1 aliphatic heterocycles. The van der Waals surface area contributed by atoms with E-state index in [1.165, 1.54) is 5.56 Å². The fourth-order valence-electron chi connectivity index (χ4n) is 3.04. The second kappa shape index (κ2) is 6.28. The van der Waals surface area contributed by atoms with E-state index in [0.29, 0.717) is 17.7 Å². The zero-order valence-electron chi connectivity index (χ0n) is 13.0. The number of rotatable bonds is 3. The molecular formula is C18H17BrN4O. The fourth-order valence-corrected chi connectivity index (χ4v) is 3.42. The molecular weight excluding hydrogens is 368 g/mol. The Bertz CT molecular complexity index is 899. The van der Waals surface area contributed by atoms with Crippen molar-refractivity contribution >= 4 is 38.6 Å². The zero-order valence-corrected chi connectivity index (χ0v) is 14.6. The van der Waals surface area contributed by atoms with E-state index in [4.69, 9.17) is 10.5 Å². The number of nitrogens with one attached hydrogen (secondary N) is 1. The Kier molecular flexibility index (Phi) is 3.98. The van der Waals surface area contributed by atoms with Gasteiger partial charge in [-0.3, -0.25) is 0 Å². The number of fused-ring (bicyclic) bond motifs is 2. The Balaban J connectivity index is 1.57. The number of nitrogen functional groups attached to an aromatic ring is 1. The van der Waals surface area contributed by atoms with Crippen LogP contribution >= 0.6 is 15.9 Å². The van der Waals surface area contributed by atoms with Crippen LogP contribution in [0.3, 0.4) is 0 Å². The van der Waals surface area contributed by atoms with Gasteiger partial charge in [0.05, 0.1) is 12.1 Å². The molecule has 0 saturated carbocycles. The molecule has 4 rings (SSSR count). The van der Waals surface area contributed by atoms with Crippen molar-refractivity contribution in [2.45, 2.75) is 12.3 Å². The number of para-hydroxylation sites is 1. The van der Waals surface area contributed by atoms with Crippen molar-refractivity contribution in [3.63, 3.8) is 0 Å². The molecule has 2 aromatic carbocycles. The van der Waals surface area contributed by atoms with Crippen molar-refractivity contribution in [2.75, 3.05) is 24.2 Å². The van der Waals surface area contributed by atoms with Crippen LogP contribution in [-0.2, 0) is 0 Å². The van der Waals surface area contributed by atoms with Crippen molar-refractivity contribution in [1.82, 2.24) is 9.97 Å². The highest BCUT2D eigenvalue weighted by Gasteiger charge is 2.22. The summed E-state index contributed by atoms with van der Waals surface area (Å²) in [5.41, 5.74) is 8.10. The second-order valence-electron chi connectivity index (χ2n) is 5.85. The van der Waals surface area contributed by atoms with E-state index >= 15 is 0 Å². The van der Waals surface area contributed by atoms with Crippen molar-refractivity contribution < 1.29 is 4.74 Å². The maximum absolute atomic E-state index is 6.04. The Morgan fingerprint density at radius 3 is 3.00 bits per heavy atom. The van der Waals surface area contributed by atoms with E-state index < -0.39 is 0 Å². The molecule has 24 heavy (non-hydrogen) atoms. The van der Waals surface area contributed by atoms with Crippen molar-refractivity contribution in [2.24, 2.45) is 0 Å². The number of hydrogen-bond acceptors (Lipinski definition) is 5. The zero-order chi connectivity index (χ0) is 16.5. The van der Waals surface area contributed by atoms with Crippen LogP contribution in [0.25, 0.3) is 10.9 Å². The Morgan fingerprint density at radius 2 is 2.08 bits per heavy atom. The number of nitrogens with two attached hydrogens (primary N) is 1. The molecule has 0 bridgehead atoms. The van der Waals surface area contributed by atoms with E-state index in [1.54, 1.807) is 0 Å². The van der Waals surface area contributed by atoms with Crippen LogP contribution in [0.1, 0.15) is 17.9 Å². The fraction of sp³-hybridized carbons (Fsp3) is 0.222. The van der Waals surface area contributed by atoms with Crippen LogP contribution in [0.2, 0.25) is 0 Å². The summed E-state index contributed by atoms with van der Waals surface area (Å²) in [5.74, 6) is 2.37. The number of aromatic nitrogens is 2. The van der Waals surface area contributed by atoms with Gasteiger partial charge in [-0.1, -0.05) is 28.1 Å². The van der Waals surface area contributed by atoms with Gasteiger partial charge in [-0.25, -0.2) is 4.98 Å². The van der Waals surface area contributed by atoms with Crippen LogP contribution in [0.4, 0.5) is 11.8 Å². The molecule has 0 spiro atoms. The van der Waals surface area contributed by atoms with Gasteiger partial charge in [0.15, 0.2) is 0 Å². The predicted octanol–water partition coefficient (Wildman–Crippen LogP) is 3.95. The third-order valence-corrected chi connectivity index (χ3v) is 4.77. The molecule has 122 valence electrons. The topological polar surface area (TPSA) is 73.1 Å². The molecule has 6 heteroatoms. The van der Waals surface area contributed by atoms with Crippen LogP contribution in [0.15, 0.2) is 46.9 Å². The van der Waals surface area contributed by atoms with Crippen molar-refractivity contribution in [3.8, 4) is 5.75 Å². The quantitative estimate of drug-likeness (QED) is 0.714. The van der Waals surface area contributed by atoms with Gasteiger partial charge in [-0.15, -0.1) is 0 Å². The molecule has 5 nitrogen and oxygen atoms in total. The third kappa shape index (κ3) is 2.89. The lowest BCUT2D eigenvalue weighted by Gasteiger charge is -2.26. The van der Waals surface area contributed by atoms with Crippen LogP contribution in [-0.4, -0.2) is 23.1 Å². The highest BCUT2D eigenvalue weighted by Crippen LogP contribution is 2.35. The van der Waals surface area contributed by atoms with Gasteiger partial charge < -0.3 is 15.8 Å². The first kappa shape index (κ1) is 15.2. The molecule has 1 unspecified atom stereocenters. The molecule has 0 radical (unpaired) electrons. The summed E-state index contributed by atoms with van der Waals surface area (Å²) in [7, 11) is 0. The first-order valence-electron chi connectivity index (χ1n) is 7.89. The van der Waals surface area contributed by atoms with Crippen LogP contribution in [0.5, 0.6) is 5.75 Å². The Labute approximate surface area is 148 Å². The van der Waals surface area contributed by atoms with E-state index in [-0.39, 0.29) is 0 Å². The highest BCUT2D eigenvalue weighted by molar-refractivity contribution is 9.10. The van der Waals surface area contributed by atoms with E-state index in [9.17, 15) is 0 Å². The largest absolute Gasteiger partial charge is 0.493 e. The average Bonchev–Trinajstić information content (AvgIpc) is 2.60. The van der Waals surface area contributed by atoms with Gasteiger partial charge in [0.1, 0.15) is 11.6 Å². The average molecular weight is 385 g/mol. The Hall–Kier alpha value is -2.34. The molecule has 0 saturated heterocycles. The minimum atomic E-state index is 0.350. The van der Waals surface area contributed by atoms with E-state index in [2.05, 4.69) is 37.3 Å². The summed E-state index contributed by atoms with van der Waals surface area (Å²) < 4.78 is 6.80. The number of hydrogen-bond donors (Lipinski definition) is 2. The number of halogens is 1. The van der Waals surface area contributed by atoms with Gasteiger partial charge in [0.2, 0.25) is 5.95 Å². The van der Waals surface area contributed by atoms with Crippen molar-refractivity contribution in [3.05, 3.63) is 52.5 Å². The van der Waals surface area contributed by atoms with E-state index in [0.717, 1.165) is 40.7 Å². The molecule has 0 amide bonds. The first-order chi connectivity index (χ1) is 11.7. The summed E-state index contributed by atoms with van der Waals surface area (Å²) >= 11 is 3.53. The molecule has 1 atom stereocenters. The summed E-state index contributed by atoms with van der Waals surface area (Å²) in [6.45, 7) is 1.46. The lowest BCUT2D eigenvalue weighted by atomic mass is 9.93. The molecule has 1 aliphatic rings. The summed E-state index contributed by atoms with van der Waals surface area (Å²) in [6.07, 6.45) is 0.958. The third-order valence-electron chi connectivity index (χ3n) is 4.27. The number of benzene rings is 2. The van der Waals surface area contributed by atoms with Crippen molar-refractivity contribution in [1.29, 1.82) is 0 Å². The van der Waals surface area contributed by atoms with Gasteiger partial charge in [0, 0.05) is 27.9 Å². The first-order valence-corrected chi connectivity index (χ1v) is 8.68. The number of ether oxygens (including phenoxy) is 1. The second-order valence-corrected chi connectivity index (χ2v) is 6.76. The standard InChI is InChI=1S/C18H17BrN4O/c19-12-5-6-16-14(9-12)11(7-8-24-16)10-21-18-22-15-4-2-1-3-13(15)17(20)23-18/h1-6,9,11H,7-8,10H2,(H3,20,21,22,23). The predicted molar refractivity (Wildman–Crippen MR) is 99.4 cm³/mol. The molecule has 0 fully saturated rings. The summed E-state index contributed by atoms with van der Waals surface area (Å²) in [4.78, 5) is 8.93. The highest BCUT2D eigenvalue weighted by atomic mass is 79.9. The monoisotopic (exact) mass is 384 g/mol. The van der Waals surface area contributed by atoms with Crippen LogP contribution in [0, 0.1) is 0 Å². The molecule has 2 heterocycles. The van der Waals surface area contributed by atoms with Gasteiger partial charge >= 0.3 is 0 Å². The van der Waals surface area contributed by atoms with E-state index in [1.807, 2.05) is 36.4 Å². The maximum Gasteiger partial charge on any atom is 0.225 e. The lowest BCUT2D eigenvalue weighted by Crippen LogP contribution is -2.21.